The van der Waals surface area contributed by atoms with Crippen LogP contribution in [-0.4, -0.2) is 37.0 Å². The van der Waals surface area contributed by atoms with Gasteiger partial charge in [0.2, 0.25) is 5.91 Å². The average molecular weight is 226 g/mol. The molecule has 1 saturated heterocycles. The molecule has 1 atom stereocenters. The number of hydrogen-bond acceptors (Lipinski definition) is 2. The Labute approximate surface area is 99.6 Å². The third kappa shape index (κ3) is 4.97. The maximum absolute atomic E-state index is 11.5. The first-order valence-electron chi connectivity index (χ1n) is 6.74. The number of piperidine rings is 1. The number of carbonyl (C=O) groups excluding carboxylic acids is 1. The van der Waals surface area contributed by atoms with Gasteiger partial charge in [0, 0.05) is 12.5 Å². The molecule has 0 bridgehead atoms. The largest absolute Gasteiger partial charge is 0.356 e. The van der Waals surface area contributed by atoms with Crippen LogP contribution in [0.4, 0.5) is 0 Å². The molecule has 0 aromatic heterocycles. The fourth-order valence-electron chi connectivity index (χ4n) is 2.06. The number of likely N-dealkylation sites (tertiary alicyclic amines) is 1. The zero-order valence-electron chi connectivity index (χ0n) is 10.8. The van der Waals surface area contributed by atoms with Gasteiger partial charge in [-0.25, -0.2) is 0 Å². The lowest BCUT2D eigenvalue weighted by Crippen LogP contribution is -2.34. The van der Waals surface area contributed by atoms with Gasteiger partial charge in [0.1, 0.15) is 0 Å². The van der Waals surface area contributed by atoms with Crippen molar-refractivity contribution in [1.29, 1.82) is 0 Å². The minimum Gasteiger partial charge on any atom is -0.356 e. The third-order valence-electron chi connectivity index (χ3n) is 3.46. The van der Waals surface area contributed by atoms with Crippen molar-refractivity contribution in [3.05, 3.63) is 0 Å². The smallest absolute Gasteiger partial charge is 0.222 e. The molecule has 1 N–H and O–H groups in total. The first-order valence-corrected chi connectivity index (χ1v) is 6.74. The highest BCUT2D eigenvalue weighted by atomic mass is 16.1. The zero-order valence-corrected chi connectivity index (χ0v) is 10.8. The van der Waals surface area contributed by atoms with E-state index in [4.69, 9.17) is 0 Å². The Balaban J connectivity index is 2.00. The van der Waals surface area contributed by atoms with E-state index in [1.54, 1.807) is 0 Å². The maximum atomic E-state index is 11.5. The molecular formula is C13H26N2O. The summed E-state index contributed by atoms with van der Waals surface area (Å²) in [5.74, 6) is 0.371. The van der Waals surface area contributed by atoms with E-state index >= 15 is 0 Å². The second kappa shape index (κ2) is 7.66. The van der Waals surface area contributed by atoms with Gasteiger partial charge in [0.05, 0.1) is 0 Å². The van der Waals surface area contributed by atoms with E-state index in [0.29, 0.717) is 0 Å². The Morgan fingerprint density at radius 3 is 2.62 bits per heavy atom. The molecule has 0 aromatic rings. The molecule has 1 aliphatic rings. The molecule has 1 amide bonds. The average Bonchev–Trinajstić information content (AvgIpc) is 2.34. The van der Waals surface area contributed by atoms with Crippen molar-refractivity contribution in [3.8, 4) is 0 Å². The van der Waals surface area contributed by atoms with Crippen LogP contribution in [0.2, 0.25) is 0 Å². The molecule has 1 aliphatic heterocycles. The number of nitrogens with zero attached hydrogens (tertiary/aromatic N) is 1. The fourth-order valence-corrected chi connectivity index (χ4v) is 2.06. The summed E-state index contributed by atoms with van der Waals surface area (Å²) in [6.07, 6.45) is 6.10. The van der Waals surface area contributed by atoms with Crippen LogP contribution in [0.15, 0.2) is 0 Å². The molecule has 1 heterocycles. The van der Waals surface area contributed by atoms with E-state index in [1.807, 2.05) is 6.92 Å². The number of nitrogens with one attached hydrogen (secondary N) is 1. The Hall–Kier alpha value is -0.570. The lowest BCUT2D eigenvalue weighted by atomic mass is 10.1. The fraction of sp³-hybridized carbons (Fsp3) is 0.923. The summed E-state index contributed by atoms with van der Waals surface area (Å²) in [4.78, 5) is 14.0. The van der Waals surface area contributed by atoms with Crippen molar-refractivity contribution < 1.29 is 4.79 Å². The lowest BCUT2D eigenvalue weighted by Gasteiger charge is -2.26. The second-order valence-electron chi connectivity index (χ2n) is 4.86. The molecule has 3 heteroatoms. The number of hydrogen-bond donors (Lipinski definition) is 1. The molecule has 16 heavy (non-hydrogen) atoms. The number of amides is 1. The standard InChI is InChI=1S/C13H26N2O/c1-3-12(2)13(16)14-8-7-11-15-9-5-4-6-10-15/h12H,3-11H2,1-2H3,(H,14,16). The minimum atomic E-state index is 0.162. The molecule has 0 aliphatic carbocycles. The van der Waals surface area contributed by atoms with E-state index in [-0.39, 0.29) is 11.8 Å². The highest BCUT2D eigenvalue weighted by Gasteiger charge is 2.11. The maximum Gasteiger partial charge on any atom is 0.222 e. The Morgan fingerprint density at radius 2 is 2.00 bits per heavy atom. The topological polar surface area (TPSA) is 32.3 Å². The summed E-state index contributed by atoms with van der Waals surface area (Å²) in [7, 11) is 0. The van der Waals surface area contributed by atoms with E-state index in [1.165, 1.54) is 32.4 Å². The van der Waals surface area contributed by atoms with Crippen molar-refractivity contribution in [2.45, 2.75) is 46.0 Å². The molecule has 0 radical (unpaired) electrons. The van der Waals surface area contributed by atoms with Crippen molar-refractivity contribution in [1.82, 2.24) is 10.2 Å². The lowest BCUT2D eigenvalue weighted by molar-refractivity contribution is -0.124. The molecule has 0 aromatic carbocycles. The molecule has 3 nitrogen and oxygen atoms in total. The first kappa shape index (κ1) is 13.5. The van der Waals surface area contributed by atoms with Crippen LogP contribution in [-0.2, 0) is 4.79 Å². The normalized spacial score (nSPS) is 19.4. The summed E-state index contributed by atoms with van der Waals surface area (Å²) in [5.41, 5.74) is 0. The summed E-state index contributed by atoms with van der Waals surface area (Å²) >= 11 is 0. The van der Waals surface area contributed by atoms with Crippen molar-refractivity contribution >= 4 is 5.91 Å². The van der Waals surface area contributed by atoms with E-state index in [2.05, 4.69) is 17.1 Å². The van der Waals surface area contributed by atoms with Crippen LogP contribution < -0.4 is 5.32 Å². The first-order chi connectivity index (χ1) is 7.74. The SMILES string of the molecule is CCC(C)C(=O)NCCCN1CCCCC1. The summed E-state index contributed by atoms with van der Waals surface area (Å²) < 4.78 is 0. The van der Waals surface area contributed by atoms with Gasteiger partial charge in [-0.05, 0) is 45.3 Å². The molecule has 0 spiro atoms. The van der Waals surface area contributed by atoms with Crippen molar-refractivity contribution in [2.75, 3.05) is 26.2 Å². The van der Waals surface area contributed by atoms with Crippen LogP contribution >= 0.6 is 0 Å². The van der Waals surface area contributed by atoms with Gasteiger partial charge >= 0.3 is 0 Å². The Bertz CT molecular complexity index is 200. The highest BCUT2D eigenvalue weighted by Crippen LogP contribution is 2.08. The van der Waals surface area contributed by atoms with E-state index in [0.717, 1.165) is 25.9 Å². The van der Waals surface area contributed by atoms with Gasteiger partial charge in [-0.3, -0.25) is 4.79 Å². The third-order valence-corrected chi connectivity index (χ3v) is 3.46. The van der Waals surface area contributed by atoms with Crippen LogP contribution in [0.3, 0.4) is 0 Å². The van der Waals surface area contributed by atoms with Crippen molar-refractivity contribution in [3.63, 3.8) is 0 Å². The van der Waals surface area contributed by atoms with Gasteiger partial charge in [-0.1, -0.05) is 20.3 Å². The molecule has 1 rings (SSSR count). The number of carbonyl (C=O) groups is 1. The van der Waals surface area contributed by atoms with E-state index < -0.39 is 0 Å². The van der Waals surface area contributed by atoms with Crippen molar-refractivity contribution in [2.24, 2.45) is 5.92 Å². The van der Waals surface area contributed by atoms with Gasteiger partial charge in [0.25, 0.3) is 0 Å². The summed E-state index contributed by atoms with van der Waals surface area (Å²) in [6.45, 7) is 8.51. The van der Waals surface area contributed by atoms with Gasteiger partial charge in [0.15, 0.2) is 0 Å². The minimum absolute atomic E-state index is 0.162. The van der Waals surface area contributed by atoms with Gasteiger partial charge < -0.3 is 10.2 Å². The highest BCUT2D eigenvalue weighted by molar-refractivity contribution is 5.78. The Morgan fingerprint density at radius 1 is 1.31 bits per heavy atom. The van der Waals surface area contributed by atoms with Crippen LogP contribution in [0.5, 0.6) is 0 Å². The predicted molar refractivity (Wildman–Crippen MR) is 67.4 cm³/mol. The molecule has 0 saturated carbocycles. The summed E-state index contributed by atoms with van der Waals surface area (Å²) in [5, 5.41) is 3.01. The van der Waals surface area contributed by atoms with E-state index in [9.17, 15) is 4.79 Å². The quantitative estimate of drug-likeness (QED) is 0.703. The summed E-state index contributed by atoms with van der Waals surface area (Å²) in [6, 6.07) is 0. The van der Waals surface area contributed by atoms with Crippen LogP contribution in [0.25, 0.3) is 0 Å². The van der Waals surface area contributed by atoms with Gasteiger partial charge in [-0.15, -0.1) is 0 Å². The molecule has 1 unspecified atom stereocenters. The molecule has 94 valence electrons. The van der Waals surface area contributed by atoms with Gasteiger partial charge in [-0.2, -0.15) is 0 Å². The van der Waals surface area contributed by atoms with Crippen LogP contribution in [0, 0.1) is 5.92 Å². The predicted octanol–water partition coefficient (Wildman–Crippen LogP) is 2.02. The second-order valence-corrected chi connectivity index (χ2v) is 4.86. The van der Waals surface area contributed by atoms with Crippen LogP contribution in [0.1, 0.15) is 46.0 Å². The monoisotopic (exact) mass is 226 g/mol. The number of rotatable bonds is 6. The molecular weight excluding hydrogens is 200 g/mol. The zero-order chi connectivity index (χ0) is 11.8. The Kier molecular flexibility index (Phi) is 6.46. The molecule has 1 fully saturated rings.